The second-order valence-electron chi connectivity index (χ2n) is 5.25. The van der Waals surface area contributed by atoms with Crippen LogP contribution in [0.4, 0.5) is 0 Å². The van der Waals surface area contributed by atoms with Gasteiger partial charge in [-0.05, 0) is 19.9 Å². The van der Waals surface area contributed by atoms with Gasteiger partial charge in [0.2, 0.25) is 0 Å². The van der Waals surface area contributed by atoms with E-state index < -0.39 is 5.41 Å². The first kappa shape index (κ1) is 11.6. The fourth-order valence-corrected chi connectivity index (χ4v) is 1.13. The van der Waals surface area contributed by atoms with E-state index in [2.05, 4.69) is 36.8 Å². The van der Waals surface area contributed by atoms with Crippen LogP contribution in [0, 0.1) is 11.3 Å². The van der Waals surface area contributed by atoms with E-state index >= 15 is 0 Å². The molecule has 0 N–H and O–H groups in total. The lowest BCUT2D eigenvalue weighted by Gasteiger charge is -2.20. The van der Waals surface area contributed by atoms with Crippen LogP contribution in [0.5, 0.6) is 0 Å². The molecule has 0 aliphatic carbocycles. The summed E-state index contributed by atoms with van der Waals surface area (Å²) in [5, 5.41) is 9.01. The van der Waals surface area contributed by atoms with Crippen molar-refractivity contribution in [3.8, 4) is 6.07 Å². The summed E-state index contributed by atoms with van der Waals surface area (Å²) in [6.07, 6.45) is 1.72. The number of nitriles is 1. The third-order valence-electron chi connectivity index (χ3n) is 2.26. The van der Waals surface area contributed by atoms with Crippen molar-refractivity contribution in [2.45, 2.75) is 45.4 Å². The summed E-state index contributed by atoms with van der Waals surface area (Å²) in [5.74, 6) is 0.595. The molecule has 1 heterocycles. The Hall–Kier alpha value is -1.43. The molecule has 1 aromatic rings. The number of aromatic nitrogens is 2. The molecule has 0 aliphatic rings. The minimum absolute atomic E-state index is 0.0107. The van der Waals surface area contributed by atoms with Crippen molar-refractivity contribution in [1.82, 2.24) is 9.97 Å². The Balaban J connectivity index is 3.22. The highest BCUT2D eigenvalue weighted by molar-refractivity contribution is 5.20. The fourth-order valence-electron chi connectivity index (χ4n) is 1.13. The summed E-state index contributed by atoms with van der Waals surface area (Å²) in [6.45, 7) is 9.94. The van der Waals surface area contributed by atoms with Crippen LogP contribution >= 0.6 is 0 Å². The van der Waals surface area contributed by atoms with Crippen molar-refractivity contribution in [2.24, 2.45) is 0 Å². The van der Waals surface area contributed by atoms with Crippen molar-refractivity contribution in [3.05, 3.63) is 23.8 Å². The molecular formula is C12H17N3. The van der Waals surface area contributed by atoms with Crippen molar-refractivity contribution in [3.63, 3.8) is 0 Å². The monoisotopic (exact) mass is 203 g/mol. The molecule has 0 saturated carbocycles. The number of hydrogen-bond donors (Lipinski definition) is 0. The molecule has 0 fully saturated rings. The minimum Gasteiger partial charge on any atom is -0.240 e. The van der Waals surface area contributed by atoms with Crippen LogP contribution in [-0.4, -0.2) is 9.97 Å². The summed E-state index contributed by atoms with van der Waals surface area (Å²) >= 11 is 0. The first-order valence-electron chi connectivity index (χ1n) is 5.02. The third kappa shape index (κ3) is 2.53. The van der Waals surface area contributed by atoms with Gasteiger partial charge in [0.05, 0.1) is 6.07 Å². The first-order valence-corrected chi connectivity index (χ1v) is 5.02. The molecule has 1 rings (SSSR count). The second kappa shape index (κ2) is 3.62. The van der Waals surface area contributed by atoms with E-state index in [0.717, 1.165) is 5.69 Å². The minimum atomic E-state index is -0.624. The van der Waals surface area contributed by atoms with Gasteiger partial charge in [-0.15, -0.1) is 0 Å². The predicted molar refractivity (Wildman–Crippen MR) is 59.4 cm³/mol. The van der Waals surface area contributed by atoms with Crippen LogP contribution in [0.2, 0.25) is 0 Å². The van der Waals surface area contributed by atoms with Gasteiger partial charge < -0.3 is 0 Å². The lowest BCUT2D eigenvalue weighted by Crippen LogP contribution is -2.22. The van der Waals surface area contributed by atoms with Crippen molar-refractivity contribution < 1.29 is 0 Å². The SMILES string of the molecule is CC(C)(C)c1ccnc(C(C)(C)C#N)n1. The maximum absolute atomic E-state index is 9.01. The summed E-state index contributed by atoms with van der Waals surface area (Å²) in [4.78, 5) is 8.61. The fraction of sp³-hybridized carbons (Fsp3) is 0.583. The average molecular weight is 203 g/mol. The Labute approximate surface area is 91.2 Å². The maximum atomic E-state index is 9.01. The van der Waals surface area contributed by atoms with Crippen molar-refractivity contribution in [1.29, 1.82) is 5.26 Å². The van der Waals surface area contributed by atoms with Gasteiger partial charge in [0, 0.05) is 17.3 Å². The molecule has 0 saturated heterocycles. The smallest absolute Gasteiger partial charge is 0.148 e. The molecule has 0 aliphatic heterocycles. The Kier molecular flexibility index (Phi) is 2.81. The van der Waals surface area contributed by atoms with Crippen LogP contribution in [0.1, 0.15) is 46.1 Å². The molecule has 1 aromatic heterocycles. The average Bonchev–Trinajstić information content (AvgIpc) is 2.17. The first-order chi connectivity index (χ1) is 6.77. The second-order valence-corrected chi connectivity index (χ2v) is 5.25. The van der Waals surface area contributed by atoms with E-state index in [0.29, 0.717) is 5.82 Å². The number of nitrogens with zero attached hydrogens (tertiary/aromatic N) is 3. The predicted octanol–water partition coefficient (Wildman–Crippen LogP) is 2.58. The lowest BCUT2D eigenvalue weighted by molar-refractivity contribution is 0.544. The topological polar surface area (TPSA) is 49.6 Å². The van der Waals surface area contributed by atoms with Gasteiger partial charge in [-0.1, -0.05) is 20.8 Å². The van der Waals surface area contributed by atoms with Gasteiger partial charge in [0.25, 0.3) is 0 Å². The van der Waals surface area contributed by atoms with E-state index in [-0.39, 0.29) is 5.41 Å². The van der Waals surface area contributed by atoms with E-state index in [4.69, 9.17) is 5.26 Å². The summed E-state index contributed by atoms with van der Waals surface area (Å²) in [6, 6.07) is 4.11. The zero-order chi connectivity index (χ0) is 11.7. The lowest BCUT2D eigenvalue weighted by atomic mass is 9.90. The summed E-state index contributed by atoms with van der Waals surface area (Å²) in [7, 11) is 0. The third-order valence-corrected chi connectivity index (χ3v) is 2.26. The molecule has 3 nitrogen and oxygen atoms in total. The van der Waals surface area contributed by atoms with Gasteiger partial charge in [-0.3, -0.25) is 0 Å². The van der Waals surface area contributed by atoms with Gasteiger partial charge in [0.15, 0.2) is 0 Å². The van der Waals surface area contributed by atoms with Gasteiger partial charge in [-0.2, -0.15) is 5.26 Å². The Morgan fingerprint density at radius 1 is 1.20 bits per heavy atom. The standard InChI is InChI=1S/C12H17N3/c1-11(2,3)9-6-7-14-10(15-9)12(4,5)8-13/h6-7H,1-5H3. The van der Waals surface area contributed by atoms with Crippen molar-refractivity contribution >= 4 is 0 Å². The van der Waals surface area contributed by atoms with Crippen LogP contribution in [0.15, 0.2) is 12.3 Å². The molecule has 0 aromatic carbocycles. The molecule has 0 unspecified atom stereocenters. The summed E-state index contributed by atoms with van der Waals surface area (Å²) in [5.41, 5.74) is 0.334. The molecule has 3 heteroatoms. The van der Waals surface area contributed by atoms with Crippen LogP contribution < -0.4 is 0 Å². The van der Waals surface area contributed by atoms with E-state index in [1.807, 2.05) is 19.9 Å². The highest BCUT2D eigenvalue weighted by Crippen LogP contribution is 2.23. The molecule has 0 amide bonds. The van der Waals surface area contributed by atoms with Crippen LogP contribution in [0.3, 0.4) is 0 Å². The van der Waals surface area contributed by atoms with E-state index in [1.165, 1.54) is 0 Å². The van der Waals surface area contributed by atoms with Gasteiger partial charge >= 0.3 is 0 Å². The van der Waals surface area contributed by atoms with E-state index in [9.17, 15) is 0 Å². The maximum Gasteiger partial charge on any atom is 0.148 e. The van der Waals surface area contributed by atoms with Gasteiger partial charge in [-0.25, -0.2) is 9.97 Å². The van der Waals surface area contributed by atoms with Gasteiger partial charge in [0.1, 0.15) is 11.2 Å². The van der Waals surface area contributed by atoms with Crippen molar-refractivity contribution in [2.75, 3.05) is 0 Å². The summed E-state index contributed by atoms with van der Waals surface area (Å²) < 4.78 is 0. The van der Waals surface area contributed by atoms with E-state index in [1.54, 1.807) is 6.20 Å². The normalized spacial score (nSPS) is 12.3. The molecule has 15 heavy (non-hydrogen) atoms. The Morgan fingerprint density at radius 3 is 2.27 bits per heavy atom. The number of rotatable bonds is 1. The number of hydrogen-bond acceptors (Lipinski definition) is 3. The molecule has 80 valence electrons. The zero-order valence-corrected chi connectivity index (χ0v) is 10.00. The van der Waals surface area contributed by atoms with Crippen LogP contribution in [0.25, 0.3) is 0 Å². The Bertz CT molecular complexity index is 394. The highest BCUT2D eigenvalue weighted by Gasteiger charge is 2.25. The molecular weight excluding hydrogens is 186 g/mol. The largest absolute Gasteiger partial charge is 0.240 e. The molecule has 0 bridgehead atoms. The molecule has 0 spiro atoms. The zero-order valence-electron chi connectivity index (χ0n) is 10.00. The Morgan fingerprint density at radius 2 is 1.80 bits per heavy atom. The molecule has 0 radical (unpaired) electrons. The van der Waals surface area contributed by atoms with Crippen LogP contribution in [-0.2, 0) is 10.8 Å². The quantitative estimate of drug-likeness (QED) is 0.704. The molecule has 0 atom stereocenters. The highest BCUT2D eigenvalue weighted by atomic mass is 14.9.